The zero-order valence-corrected chi connectivity index (χ0v) is 11.9. The van der Waals surface area contributed by atoms with E-state index in [2.05, 4.69) is 10.3 Å². The van der Waals surface area contributed by atoms with Gasteiger partial charge in [-0.25, -0.2) is 4.98 Å². The van der Waals surface area contributed by atoms with E-state index in [1.807, 2.05) is 0 Å². The molecule has 1 N–H and O–H groups in total. The van der Waals surface area contributed by atoms with E-state index in [1.165, 1.54) is 12.1 Å². The largest absolute Gasteiger partial charge is 0.493 e. The third-order valence-electron chi connectivity index (χ3n) is 3.57. The highest BCUT2D eigenvalue weighted by Gasteiger charge is 2.33. The molecule has 1 atom stereocenters. The number of halogens is 3. The molecule has 1 amide bonds. The number of pyridine rings is 1. The Kier molecular flexibility index (Phi) is 3.94. The Labute approximate surface area is 130 Å². The fraction of sp³-hybridized carbons (Fsp3) is 0.250. The number of rotatable bonds is 2. The molecule has 1 aliphatic heterocycles. The lowest BCUT2D eigenvalue weighted by Crippen LogP contribution is -2.27. The molecule has 0 spiro atoms. The average molecular weight is 322 g/mol. The van der Waals surface area contributed by atoms with Crippen molar-refractivity contribution in [1.82, 2.24) is 4.98 Å². The smallest absolute Gasteiger partial charge is 0.433 e. The standard InChI is InChI=1S/C16H13F3N2O2/c17-16(18,19)13-6-3-7-14(20-13)21-15(22)11-8-9-23-12-5-2-1-4-10(11)12/h1-7,11H,8-9H2,(H,20,21,22). The highest BCUT2D eigenvalue weighted by Crippen LogP contribution is 2.34. The summed E-state index contributed by atoms with van der Waals surface area (Å²) in [5.74, 6) is -0.367. The van der Waals surface area contributed by atoms with Crippen molar-refractivity contribution < 1.29 is 22.7 Å². The number of carbonyl (C=O) groups is 1. The van der Waals surface area contributed by atoms with Crippen LogP contribution in [-0.4, -0.2) is 17.5 Å². The maximum Gasteiger partial charge on any atom is 0.433 e. The first-order valence-electron chi connectivity index (χ1n) is 7.02. The predicted molar refractivity (Wildman–Crippen MR) is 77.2 cm³/mol. The topological polar surface area (TPSA) is 51.2 Å². The third-order valence-corrected chi connectivity index (χ3v) is 3.57. The molecular formula is C16H13F3N2O2. The molecule has 120 valence electrons. The van der Waals surface area contributed by atoms with Gasteiger partial charge < -0.3 is 10.1 Å². The van der Waals surface area contributed by atoms with Crippen LogP contribution in [0.25, 0.3) is 0 Å². The Morgan fingerprint density at radius 3 is 2.74 bits per heavy atom. The first-order chi connectivity index (χ1) is 10.9. The summed E-state index contributed by atoms with van der Waals surface area (Å²) in [6.07, 6.45) is -4.09. The Bertz CT molecular complexity index is 731. The zero-order valence-electron chi connectivity index (χ0n) is 11.9. The molecule has 0 radical (unpaired) electrons. The Morgan fingerprint density at radius 2 is 1.96 bits per heavy atom. The predicted octanol–water partition coefficient (Wildman–Crippen LogP) is 3.61. The lowest BCUT2D eigenvalue weighted by atomic mass is 9.92. The number of alkyl halides is 3. The van der Waals surface area contributed by atoms with Gasteiger partial charge in [0.05, 0.1) is 12.5 Å². The summed E-state index contributed by atoms with van der Waals surface area (Å²) in [6, 6.07) is 10.5. The van der Waals surface area contributed by atoms with Crippen LogP contribution in [0.1, 0.15) is 23.6 Å². The minimum absolute atomic E-state index is 0.117. The number of fused-ring (bicyclic) bond motifs is 1. The van der Waals surface area contributed by atoms with Crippen LogP contribution in [0, 0.1) is 0 Å². The molecule has 0 saturated carbocycles. The van der Waals surface area contributed by atoms with Gasteiger partial charge in [-0.2, -0.15) is 13.2 Å². The molecule has 0 bridgehead atoms. The quantitative estimate of drug-likeness (QED) is 0.919. The maximum atomic E-state index is 12.7. The van der Waals surface area contributed by atoms with Crippen LogP contribution in [0.5, 0.6) is 5.75 Å². The first-order valence-corrected chi connectivity index (χ1v) is 7.02. The fourth-order valence-electron chi connectivity index (χ4n) is 2.49. The van der Waals surface area contributed by atoms with Crippen molar-refractivity contribution in [3.63, 3.8) is 0 Å². The molecule has 3 rings (SSSR count). The summed E-state index contributed by atoms with van der Waals surface area (Å²) in [4.78, 5) is 15.8. The van der Waals surface area contributed by atoms with Crippen molar-refractivity contribution in [3.05, 3.63) is 53.7 Å². The summed E-state index contributed by atoms with van der Waals surface area (Å²) < 4.78 is 43.5. The summed E-state index contributed by atoms with van der Waals surface area (Å²) in [5.41, 5.74) is -0.314. The summed E-state index contributed by atoms with van der Waals surface area (Å²) in [6.45, 7) is 0.380. The molecule has 0 fully saturated rings. The van der Waals surface area contributed by atoms with Gasteiger partial charge in [-0.05, 0) is 24.6 Å². The second-order valence-corrected chi connectivity index (χ2v) is 5.12. The van der Waals surface area contributed by atoms with Crippen molar-refractivity contribution in [2.45, 2.75) is 18.5 Å². The molecule has 1 aromatic heterocycles. The van der Waals surface area contributed by atoms with Gasteiger partial charge in [-0.1, -0.05) is 24.3 Å². The number of amides is 1. The number of nitrogens with zero attached hydrogens (tertiary/aromatic N) is 1. The van der Waals surface area contributed by atoms with Crippen LogP contribution in [-0.2, 0) is 11.0 Å². The van der Waals surface area contributed by atoms with Crippen molar-refractivity contribution in [1.29, 1.82) is 0 Å². The number of hydrogen-bond donors (Lipinski definition) is 1. The molecular weight excluding hydrogens is 309 g/mol. The number of ether oxygens (including phenoxy) is 1. The third kappa shape index (κ3) is 3.28. The monoisotopic (exact) mass is 322 g/mol. The van der Waals surface area contributed by atoms with Crippen molar-refractivity contribution in [2.75, 3.05) is 11.9 Å². The van der Waals surface area contributed by atoms with E-state index in [1.54, 1.807) is 24.3 Å². The molecule has 0 aliphatic carbocycles. The minimum atomic E-state index is -4.55. The van der Waals surface area contributed by atoms with Gasteiger partial charge >= 0.3 is 6.18 Å². The van der Waals surface area contributed by atoms with Crippen LogP contribution in [0.15, 0.2) is 42.5 Å². The highest BCUT2D eigenvalue weighted by atomic mass is 19.4. The van der Waals surface area contributed by atoms with E-state index < -0.39 is 23.7 Å². The number of aromatic nitrogens is 1. The van der Waals surface area contributed by atoms with Crippen LogP contribution >= 0.6 is 0 Å². The minimum Gasteiger partial charge on any atom is -0.493 e. The van der Waals surface area contributed by atoms with Crippen LogP contribution < -0.4 is 10.1 Å². The van der Waals surface area contributed by atoms with Gasteiger partial charge in [0.1, 0.15) is 17.3 Å². The molecule has 23 heavy (non-hydrogen) atoms. The summed E-state index contributed by atoms with van der Waals surface area (Å²) in [7, 11) is 0. The van der Waals surface area contributed by atoms with Gasteiger partial charge in [-0.3, -0.25) is 4.79 Å². The molecule has 7 heteroatoms. The van der Waals surface area contributed by atoms with Crippen LogP contribution in [0.2, 0.25) is 0 Å². The number of hydrogen-bond acceptors (Lipinski definition) is 3. The van der Waals surface area contributed by atoms with E-state index in [0.29, 0.717) is 18.8 Å². The molecule has 1 aliphatic rings. The van der Waals surface area contributed by atoms with E-state index in [-0.39, 0.29) is 5.82 Å². The lowest BCUT2D eigenvalue weighted by molar-refractivity contribution is -0.141. The SMILES string of the molecule is O=C(Nc1cccc(C(F)(F)F)n1)C1CCOc2ccccc21. The first kappa shape index (κ1) is 15.3. The van der Waals surface area contributed by atoms with Crippen LogP contribution in [0.3, 0.4) is 0 Å². The van der Waals surface area contributed by atoms with Crippen molar-refractivity contribution in [2.24, 2.45) is 0 Å². The zero-order chi connectivity index (χ0) is 16.4. The number of nitrogens with one attached hydrogen (secondary N) is 1. The number of para-hydroxylation sites is 1. The number of benzene rings is 1. The summed E-state index contributed by atoms with van der Waals surface area (Å²) >= 11 is 0. The Balaban J connectivity index is 1.81. The molecule has 1 unspecified atom stereocenters. The molecule has 0 saturated heterocycles. The van der Waals surface area contributed by atoms with Crippen molar-refractivity contribution >= 4 is 11.7 Å². The van der Waals surface area contributed by atoms with Gasteiger partial charge in [0.15, 0.2) is 0 Å². The number of carbonyl (C=O) groups excluding carboxylic acids is 1. The van der Waals surface area contributed by atoms with E-state index in [4.69, 9.17) is 4.74 Å². The van der Waals surface area contributed by atoms with E-state index in [9.17, 15) is 18.0 Å². The molecule has 2 heterocycles. The van der Waals surface area contributed by atoms with E-state index >= 15 is 0 Å². The second-order valence-electron chi connectivity index (χ2n) is 5.12. The molecule has 4 nitrogen and oxygen atoms in total. The summed E-state index contributed by atoms with van der Waals surface area (Å²) in [5, 5.41) is 2.46. The maximum absolute atomic E-state index is 12.7. The van der Waals surface area contributed by atoms with Gasteiger partial charge in [0.2, 0.25) is 5.91 Å². The molecule has 2 aromatic rings. The Morgan fingerprint density at radius 1 is 1.17 bits per heavy atom. The van der Waals surface area contributed by atoms with E-state index in [0.717, 1.165) is 11.6 Å². The normalized spacial score (nSPS) is 17.1. The second kappa shape index (κ2) is 5.91. The fourth-order valence-corrected chi connectivity index (χ4v) is 2.49. The lowest BCUT2D eigenvalue weighted by Gasteiger charge is -2.24. The highest BCUT2D eigenvalue weighted by molar-refractivity contribution is 5.95. The van der Waals surface area contributed by atoms with Gasteiger partial charge in [0, 0.05) is 5.56 Å². The van der Waals surface area contributed by atoms with Crippen molar-refractivity contribution in [3.8, 4) is 5.75 Å². The average Bonchev–Trinajstić information content (AvgIpc) is 2.53. The van der Waals surface area contributed by atoms with Gasteiger partial charge in [0.25, 0.3) is 0 Å². The van der Waals surface area contributed by atoms with Crippen LogP contribution in [0.4, 0.5) is 19.0 Å². The Hall–Kier alpha value is -2.57. The molecule has 1 aromatic carbocycles. The number of anilines is 1. The van der Waals surface area contributed by atoms with Gasteiger partial charge in [-0.15, -0.1) is 0 Å².